The predicted octanol–water partition coefficient (Wildman–Crippen LogP) is 3.69. The molecule has 8 heteroatoms. The Morgan fingerprint density at radius 1 is 1.03 bits per heavy atom. The second kappa shape index (κ2) is 11.4. The van der Waals surface area contributed by atoms with Crippen LogP contribution in [0.4, 0.5) is 4.79 Å². The Balaban J connectivity index is 1.27. The third kappa shape index (κ3) is 6.00. The van der Waals surface area contributed by atoms with Crippen LogP contribution in [0.25, 0.3) is 11.1 Å². The molecule has 2 aliphatic rings. The molecule has 1 saturated carbocycles. The summed E-state index contributed by atoms with van der Waals surface area (Å²) in [5.74, 6) is -1.37. The van der Waals surface area contributed by atoms with Crippen LogP contribution in [0.5, 0.6) is 0 Å². The van der Waals surface area contributed by atoms with E-state index in [9.17, 15) is 14.4 Å². The number of methoxy groups -OCH3 is 1. The second-order valence-electron chi connectivity index (χ2n) is 9.23. The normalized spacial score (nSPS) is 19.8. The van der Waals surface area contributed by atoms with E-state index >= 15 is 0 Å². The van der Waals surface area contributed by atoms with Crippen molar-refractivity contribution in [2.75, 3.05) is 20.3 Å². The number of hydrogen-bond acceptors (Lipinski definition) is 5. The lowest BCUT2D eigenvalue weighted by Crippen LogP contribution is -2.44. The quantitative estimate of drug-likeness (QED) is 0.504. The fourth-order valence-electron chi connectivity index (χ4n) is 5.16. The van der Waals surface area contributed by atoms with Gasteiger partial charge in [0.15, 0.2) is 0 Å². The van der Waals surface area contributed by atoms with Crippen LogP contribution >= 0.6 is 0 Å². The summed E-state index contributed by atoms with van der Waals surface area (Å²) in [5, 5.41) is 14.6. The van der Waals surface area contributed by atoms with E-state index in [4.69, 9.17) is 14.6 Å². The largest absolute Gasteiger partial charge is 0.481 e. The molecular weight excluding hydrogens is 448 g/mol. The zero-order chi connectivity index (χ0) is 24.8. The number of fused-ring (bicyclic) bond motifs is 3. The Labute approximate surface area is 205 Å². The van der Waals surface area contributed by atoms with Crippen molar-refractivity contribution < 1.29 is 29.0 Å². The van der Waals surface area contributed by atoms with Crippen molar-refractivity contribution in [3.05, 3.63) is 59.7 Å². The van der Waals surface area contributed by atoms with Gasteiger partial charge < -0.3 is 25.2 Å². The maximum atomic E-state index is 12.6. The van der Waals surface area contributed by atoms with Crippen LogP contribution in [0, 0.1) is 5.92 Å². The van der Waals surface area contributed by atoms with Crippen molar-refractivity contribution in [1.82, 2.24) is 10.6 Å². The molecule has 0 heterocycles. The molecule has 35 heavy (non-hydrogen) atoms. The topological polar surface area (TPSA) is 114 Å². The highest BCUT2D eigenvalue weighted by Crippen LogP contribution is 2.44. The summed E-state index contributed by atoms with van der Waals surface area (Å²) in [6.45, 7) is 0.390. The number of alkyl carbamates (subject to hydrolysis) is 1. The van der Waals surface area contributed by atoms with Crippen molar-refractivity contribution in [2.24, 2.45) is 5.92 Å². The lowest BCUT2D eigenvalue weighted by molar-refractivity contribution is -0.140. The van der Waals surface area contributed by atoms with E-state index in [0.29, 0.717) is 6.42 Å². The number of benzene rings is 2. The summed E-state index contributed by atoms with van der Waals surface area (Å²) < 4.78 is 10.8. The summed E-state index contributed by atoms with van der Waals surface area (Å²) in [6, 6.07) is 16.2. The first-order valence-corrected chi connectivity index (χ1v) is 12.1. The van der Waals surface area contributed by atoms with Crippen LogP contribution in [0.3, 0.4) is 0 Å². The van der Waals surface area contributed by atoms with Crippen molar-refractivity contribution in [2.45, 2.75) is 50.2 Å². The number of carboxylic acids is 1. The minimum atomic E-state index is -0.976. The molecule has 4 rings (SSSR count). The van der Waals surface area contributed by atoms with Gasteiger partial charge in [-0.25, -0.2) is 4.79 Å². The van der Waals surface area contributed by atoms with E-state index in [-0.39, 0.29) is 43.4 Å². The fraction of sp³-hybridized carbons (Fsp3) is 0.444. The highest BCUT2D eigenvalue weighted by molar-refractivity contribution is 5.80. The minimum Gasteiger partial charge on any atom is -0.481 e. The van der Waals surface area contributed by atoms with E-state index in [1.165, 1.54) is 18.2 Å². The Morgan fingerprint density at radius 2 is 1.69 bits per heavy atom. The minimum absolute atomic E-state index is 0.00225. The van der Waals surface area contributed by atoms with Crippen molar-refractivity contribution >= 4 is 18.0 Å². The monoisotopic (exact) mass is 480 g/mol. The average Bonchev–Trinajstić information content (AvgIpc) is 3.18. The van der Waals surface area contributed by atoms with E-state index in [1.54, 1.807) is 0 Å². The third-order valence-corrected chi connectivity index (χ3v) is 6.95. The Hall–Kier alpha value is -3.39. The summed E-state index contributed by atoms with van der Waals surface area (Å²) in [4.78, 5) is 36.1. The van der Waals surface area contributed by atoms with Gasteiger partial charge in [-0.1, -0.05) is 55.0 Å². The van der Waals surface area contributed by atoms with Crippen LogP contribution in [0.2, 0.25) is 0 Å². The number of rotatable bonds is 9. The van der Waals surface area contributed by atoms with Gasteiger partial charge >= 0.3 is 12.1 Å². The Kier molecular flexibility index (Phi) is 8.02. The summed E-state index contributed by atoms with van der Waals surface area (Å²) in [5.41, 5.74) is 4.68. The first kappa shape index (κ1) is 24.7. The van der Waals surface area contributed by atoms with Crippen LogP contribution in [0.15, 0.2) is 48.5 Å². The van der Waals surface area contributed by atoms with Gasteiger partial charge in [0.25, 0.3) is 0 Å². The standard InChI is InChI=1S/C27H32N2O6/c1-34-19(14-25(30)31)15-28-26(32)17-7-6-8-18(13-17)29-27(33)35-16-24-22-11-4-2-9-20(22)21-10-3-5-12-23(21)24/h2-5,9-12,17-19,24H,6-8,13-16H2,1H3,(H,28,32)(H,29,33)(H,30,31)/t17-,18-,19?/m1/s1. The molecular formula is C27H32N2O6. The van der Waals surface area contributed by atoms with E-state index in [2.05, 4.69) is 34.9 Å². The molecule has 2 amide bonds. The highest BCUT2D eigenvalue weighted by atomic mass is 16.5. The predicted molar refractivity (Wildman–Crippen MR) is 130 cm³/mol. The average molecular weight is 481 g/mol. The maximum Gasteiger partial charge on any atom is 0.407 e. The molecule has 2 aromatic rings. The molecule has 0 aromatic heterocycles. The summed E-state index contributed by atoms with van der Waals surface area (Å²) >= 11 is 0. The third-order valence-electron chi connectivity index (χ3n) is 6.95. The van der Waals surface area contributed by atoms with E-state index in [1.807, 2.05) is 24.3 Å². The molecule has 3 atom stereocenters. The van der Waals surface area contributed by atoms with Gasteiger partial charge in [0.05, 0.1) is 12.5 Å². The van der Waals surface area contributed by atoms with Gasteiger partial charge in [-0.3, -0.25) is 9.59 Å². The number of amides is 2. The Morgan fingerprint density at radius 3 is 2.31 bits per heavy atom. The molecule has 2 aromatic carbocycles. The first-order chi connectivity index (χ1) is 17.0. The number of nitrogens with one attached hydrogen (secondary N) is 2. The number of carbonyl (C=O) groups is 3. The lowest BCUT2D eigenvalue weighted by Gasteiger charge is -2.29. The van der Waals surface area contributed by atoms with Gasteiger partial charge in [0, 0.05) is 31.5 Å². The molecule has 0 bridgehead atoms. The van der Waals surface area contributed by atoms with Gasteiger partial charge in [-0.2, -0.15) is 0 Å². The molecule has 0 aliphatic heterocycles. The number of carboxylic acid groups (broad SMARTS) is 1. The number of ether oxygens (including phenoxy) is 2. The molecule has 1 fully saturated rings. The van der Waals surface area contributed by atoms with Crippen molar-refractivity contribution in [1.29, 1.82) is 0 Å². The maximum absolute atomic E-state index is 12.6. The molecule has 0 saturated heterocycles. The lowest BCUT2D eigenvalue weighted by atomic mass is 9.85. The number of carbonyl (C=O) groups excluding carboxylic acids is 2. The molecule has 2 aliphatic carbocycles. The molecule has 8 nitrogen and oxygen atoms in total. The van der Waals surface area contributed by atoms with Crippen LogP contribution in [-0.4, -0.2) is 55.5 Å². The smallest absolute Gasteiger partial charge is 0.407 e. The number of hydrogen-bond donors (Lipinski definition) is 3. The second-order valence-corrected chi connectivity index (χ2v) is 9.23. The zero-order valence-corrected chi connectivity index (χ0v) is 19.9. The fourth-order valence-corrected chi connectivity index (χ4v) is 5.16. The number of aliphatic carboxylic acids is 1. The molecule has 0 spiro atoms. The summed E-state index contributed by atoms with van der Waals surface area (Å²) in [7, 11) is 1.43. The molecule has 1 unspecified atom stereocenters. The van der Waals surface area contributed by atoms with Crippen LogP contribution in [0.1, 0.15) is 49.1 Å². The van der Waals surface area contributed by atoms with Crippen molar-refractivity contribution in [3.8, 4) is 11.1 Å². The van der Waals surface area contributed by atoms with Gasteiger partial charge in [-0.05, 0) is 41.5 Å². The summed E-state index contributed by atoms with van der Waals surface area (Å²) in [6.07, 6.45) is 1.63. The van der Waals surface area contributed by atoms with Gasteiger partial charge in [0.2, 0.25) is 5.91 Å². The van der Waals surface area contributed by atoms with E-state index < -0.39 is 18.2 Å². The molecule has 186 valence electrons. The van der Waals surface area contributed by atoms with E-state index in [0.717, 1.165) is 30.4 Å². The van der Waals surface area contributed by atoms with Crippen LogP contribution < -0.4 is 10.6 Å². The van der Waals surface area contributed by atoms with Crippen LogP contribution in [-0.2, 0) is 19.1 Å². The highest BCUT2D eigenvalue weighted by Gasteiger charge is 2.31. The Bertz CT molecular complexity index is 1030. The first-order valence-electron chi connectivity index (χ1n) is 12.1. The molecule has 0 radical (unpaired) electrons. The SMILES string of the molecule is COC(CNC(=O)[C@@H]1CCC[C@@H](NC(=O)OCC2c3ccccc3-c3ccccc32)C1)CC(=O)O. The zero-order valence-electron chi connectivity index (χ0n) is 19.9. The van der Waals surface area contributed by atoms with Crippen molar-refractivity contribution in [3.63, 3.8) is 0 Å². The van der Waals surface area contributed by atoms with Gasteiger partial charge in [-0.15, -0.1) is 0 Å². The van der Waals surface area contributed by atoms with Gasteiger partial charge in [0.1, 0.15) is 6.61 Å². The molecule has 3 N–H and O–H groups in total.